The number of aryl methyl sites for hydroxylation is 1. The van der Waals surface area contributed by atoms with Gasteiger partial charge < -0.3 is 15.0 Å². The lowest BCUT2D eigenvalue weighted by Crippen LogP contribution is -2.42. The first-order chi connectivity index (χ1) is 13.2. The minimum Gasteiger partial charge on any atom is -0.479 e. The summed E-state index contributed by atoms with van der Waals surface area (Å²) >= 11 is 0. The third kappa shape index (κ3) is 4.27. The van der Waals surface area contributed by atoms with E-state index in [9.17, 15) is 22.8 Å². The lowest BCUT2D eigenvalue weighted by Gasteiger charge is -2.24. The molecule has 2 aliphatic rings. The van der Waals surface area contributed by atoms with Gasteiger partial charge in [-0.05, 0) is 38.3 Å². The summed E-state index contributed by atoms with van der Waals surface area (Å²) in [6.07, 6.45) is 2.08. The second-order valence-corrected chi connectivity index (χ2v) is 8.67. The summed E-state index contributed by atoms with van der Waals surface area (Å²) < 4.78 is 32.9. The molecule has 0 saturated carbocycles. The Morgan fingerprint density at radius 2 is 2.04 bits per heavy atom. The molecular weight excluding hydrogens is 386 g/mol. The molecule has 2 N–H and O–H groups in total. The number of hydrogen-bond donors (Lipinski definition) is 2. The monoisotopic (exact) mass is 409 g/mol. The molecule has 0 unspecified atom stereocenters. The van der Waals surface area contributed by atoms with E-state index in [0.717, 1.165) is 19.3 Å². The fourth-order valence-corrected chi connectivity index (χ4v) is 4.47. The van der Waals surface area contributed by atoms with Gasteiger partial charge in [-0.1, -0.05) is 6.42 Å². The highest BCUT2D eigenvalue weighted by Gasteiger charge is 2.29. The lowest BCUT2D eigenvalue weighted by molar-refractivity contribution is -0.135. The van der Waals surface area contributed by atoms with Crippen molar-refractivity contribution in [1.82, 2.24) is 9.62 Å². The number of sulfonamides is 1. The van der Waals surface area contributed by atoms with Crippen LogP contribution >= 0.6 is 0 Å². The predicted octanol–water partition coefficient (Wildman–Crippen LogP) is 0.922. The predicted molar refractivity (Wildman–Crippen MR) is 100 cm³/mol. The van der Waals surface area contributed by atoms with Gasteiger partial charge in [0.15, 0.2) is 6.10 Å². The highest BCUT2D eigenvalue weighted by Crippen LogP contribution is 2.34. The molecule has 1 atom stereocenters. The Kier molecular flexibility index (Phi) is 5.59. The smallest absolute Gasteiger partial charge is 0.265 e. The van der Waals surface area contributed by atoms with Crippen LogP contribution in [0.4, 0.5) is 5.69 Å². The van der Waals surface area contributed by atoms with Crippen LogP contribution in [-0.2, 0) is 24.4 Å². The van der Waals surface area contributed by atoms with Crippen LogP contribution in [0.5, 0.6) is 5.75 Å². The van der Waals surface area contributed by atoms with Gasteiger partial charge in [-0.2, -0.15) is 0 Å². The molecule has 0 spiro atoms. The van der Waals surface area contributed by atoms with Crippen LogP contribution in [0.3, 0.4) is 0 Å². The van der Waals surface area contributed by atoms with E-state index >= 15 is 0 Å². The maximum atomic E-state index is 12.7. The number of ether oxygens (including phenoxy) is 1. The molecule has 9 nitrogen and oxygen atoms in total. The van der Waals surface area contributed by atoms with E-state index in [1.54, 1.807) is 13.8 Å². The van der Waals surface area contributed by atoms with Gasteiger partial charge >= 0.3 is 0 Å². The molecule has 2 aliphatic heterocycles. The number of benzene rings is 1. The first-order valence-corrected chi connectivity index (χ1v) is 10.6. The summed E-state index contributed by atoms with van der Waals surface area (Å²) in [5.74, 6) is -1.02. The van der Waals surface area contributed by atoms with E-state index in [1.807, 2.05) is 4.72 Å². The third-order valence-electron chi connectivity index (χ3n) is 4.75. The Morgan fingerprint density at radius 3 is 2.79 bits per heavy atom. The van der Waals surface area contributed by atoms with Crippen LogP contribution in [0.1, 0.15) is 38.2 Å². The Labute approximate surface area is 163 Å². The van der Waals surface area contributed by atoms with Crippen LogP contribution in [0.2, 0.25) is 0 Å². The van der Waals surface area contributed by atoms with Gasteiger partial charge in [0, 0.05) is 19.0 Å². The fourth-order valence-electron chi connectivity index (χ4n) is 3.25. The van der Waals surface area contributed by atoms with E-state index in [2.05, 4.69) is 5.32 Å². The highest BCUT2D eigenvalue weighted by atomic mass is 32.2. The molecule has 2 heterocycles. The van der Waals surface area contributed by atoms with Crippen LogP contribution in [0.15, 0.2) is 17.0 Å². The Balaban J connectivity index is 1.77. The zero-order valence-electron chi connectivity index (χ0n) is 15.8. The topological polar surface area (TPSA) is 122 Å². The summed E-state index contributed by atoms with van der Waals surface area (Å²) in [5, 5.41) is 2.64. The largest absolute Gasteiger partial charge is 0.479 e. The Morgan fingerprint density at radius 1 is 1.29 bits per heavy atom. The number of nitrogens with one attached hydrogen (secondary N) is 2. The number of nitrogens with zero attached hydrogens (tertiary/aromatic N) is 1. The molecule has 28 heavy (non-hydrogen) atoms. The van der Waals surface area contributed by atoms with Gasteiger partial charge in [0.2, 0.25) is 5.91 Å². The lowest BCUT2D eigenvalue weighted by atomic mass is 10.1. The number of carbonyl (C=O) groups is 3. The first kappa shape index (κ1) is 20.1. The van der Waals surface area contributed by atoms with Crippen LogP contribution in [0, 0.1) is 6.92 Å². The van der Waals surface area contributed by atoms with E-state index in [0.29, 0.717) is 24.2 Å². The molecule has 1 aromatic carbocycles. The molecular formula is C18H23N3O6S. The van der Waals surface area contributed by atoms with Crippen LogP contribution in [-0.4, -0.2) is 50.2 Å². The van der Waals surface area contributed by atoms with Gasteiger partial charge in [0.1, 0.15) is 12.3 Å². The molecule has 3 rings (SSSR count). The van der Waals surface area contributed by atoms with Crippen molar-refractivity contribution in [2.45, 2.75) is 50.5 Å². The molecule has 1 saturated heterocycles. The minimum atomic E-state index is -4.16. The average Bonchev–Trinajstić information content (AvgIpc) is 2.80. The van der Waals surface area contributed by atoms with Crippen molar-refractivity contribution in [1.29, 1.82) is 0 Å². The van der Waals surface area contributed by atoms with E-state index in [1.165, 1.54) is 17.0 Å². The number of anilines is 1. The zero-order chi connectivity index (χ0) is 20.5. The maximum Gasteiger partial charge on any atom is 0.265 e. The number of fused-ring (bicyclic) bond motifs is 1. The molecule has 0 bridgehead atoms. The summed E-state index contributed by atoms with van der Waals surface area (Å²) in [5.41, 5.74) is 0.726. The van der Waals surface area contributed by atoms with Gasteiger partial charge in [-0.3, -0.25) is 14.4 Å². The van der Waals surface area contributed by atoms with Crippen LogP contribution < -0.4 is 14.8 Å². The molecule has 0 radical (unpaired) electrons. The summed E-state index contributed by atoms with van der Waals surface area (Å²) in [4.78, 5) is 37.2. The van der Waals surface area contributed by atoms with Crippen molar-refractivity contribution < 1.29 is 27.5 Å². The van der Waals surface area contributed by atoms with Gasteiger partial charge in [0.05, 0.1) is 10.6 Å². The van der Waals surface area contributed by atoms with Crippen molar-refractivity contribution in [3.63, 3.8) is 0 Å². The first-order valence-electron chi connectivity index (χ1n) is 9.13. The maximum absolute atomic E-state index is 12.7. The standard InChI is InChI=1S/C18H23N3O6S/c1-11-8-13-14(27-12(2)18(24)19-13)9-15(11)28(25,26)20-16(22)10-21-7-5-3-4-6-17(21)23/h8-9,12H,3-7,10H2,1-2H3,(H,19,24)(H,20,22)/t12-/m1/s1. The second-order valence-electron chi connectivity index (χ2n) is 7.02. The fraction of sp³-hybridized carbons (Fsp3) is 0.500. The van der Waals surface area contributed by atoms with Gasteiger partial charge in [0.25, 0.3) is 21.8 Å². The Hall–Kier alpha value is -2.62. The summed E-state index contributed by atoms with van der Waals surface area (Å²) in [6, 6.07) is 2.77. The quantitative estimate of drug-likeness (QED) is 0.763. The molecule has 3 amide bonds. The molecule has 0 aliphatic carbocycles. The highest BCUT2D eigenvalue weighted by molar-refractivity contribution is 7.90. The minimum absolute atomic E-state index is 0.120. The van der Waals surface area contributed by atoms with Gasteiger partial charge in [-0.25, -0.2) is 13.1 Å². The van der Waals surface area contributed by atoms with Crippen molar-refractivity contribution >= 4 is 33.4 Å². The van der Waals surface area contributed by atoms with Crippen molar-refractivity contribution in [2.24, 2.45) is 0 Å². The molecule has 1 aromatic rings. The summed E-state index contributed by atoms with van der Waals surface area (Å²) in [7, 11) is -4.16. The SMILES string of the molecule is Cc1cc2c(cc1S(=O)(=O)NC(=O)CN1CCCCCC1=O)O[C@H](C)C(=O)N2. The van der Waals surface area contributed by atoms with E-state index in [4.69, 9.17) is 4.74 Å². The average molecular weight is 409 g/mol. The molecule has 1 fully saturated rings. The third-order valence-corrected chi connectivity index (χ3v) is 6.27. The van der Waals surface area contributed by atoms with E-state index < -0.39 is 22.0 Å². The number of likely N-dealkylation sites (tertiary alicyclic amines) is 1. The normalized spacial score (nSPS) is 19.9. The number of rotatable bonds is 4. The number of carbonyl (C=O) groups excluding carboxylic acids is 3. The molecule has 0 aromatic heterocycles. The number of amides is 3. The van der Waals surface area contributed by atoms with Crippen molar-refractivity contribution in [3.05, 3.63) is 17.7 Å². The molecule has 152 valence electrons. The van der Waals surface area contributed by atoms with Crippen LogP contribution in [0.25, 0.3) is 0 Å². The Bertz CT molecular complexity index is 927. The van der Waals surface area contributed by atoms with Gasteiger partial charge in [-0.15, -0.1) is 0 Å². The second kappa shape index (κ2) is 7.78. The summed E-state index contributed by atoms with van der Waals surface area (Å²) in [6.45, 7) is 3.25. The van der Waals surface area contributed by atoms with E-state index in [-0.39, 0.29) is 29.0 Å². The number of hydrogen-bond acceptors (Lipinski definition) is 6. The van der Waals surface area contributed by atoms with Crippen molar-refractivity contribution in [3.8, 4) is 5.75 Å². The molecule has 10 heteroatoms. The zero-order valence-corrected chi connectivity index (χ0v) is 16.6. The van der Waals surface area contributed by atoms with Crippen molar-refractivity contribution in [2.75, 3.05) is 18.4 Å².